The zero-order valence-corrected chi connectivity index (χ0v) is 18.8. The number of rotatable bonds is 5. The summed E-state index contributed by atoms with van der Waals surface area (Å²) in [5, 5.41) is 7.91. The maximum Gasteiger partial charge on any atom is 0.416 e. The molecule has 1 aliphatic rings. The number of carbonyl (C=O) groups excluding carboxylic acids is 1. The normalized spacial score (nSPS) is 13.1. The van der Waals surface area contributed by atoms with Crippen molar-refractivity contribution in [3.05, 3.63) is 95.0 Å². The Balaban J connectivity index is 1.34. The summed E-state index contributed by atoms with van der Waals surface area (Å²) in [6, 6.07) is 11.4. The number of nitrogens with zero attached hydrogens (tertiary/aromatic N) is 5. The lowest BCUT2D eigenvalue weighted by Crippen LogP contribution is -2.23. The molecule has 4 aromatic rings. The van der Waals surface area contributed by atoms with Crippen LogP contribution in [-0.2, 0) is 19.3 Å². The largest absolute Gasteiger partial charge is 0.435 e. The van der Waals surface area contributed by atoms with Crippen molar-refractivity contribution in [1.29, 1.82) is 0 Å². The molecule has 0 saturated heterocycles. The Kier molecular flexibility index (Phi) is 5.83. The number of fused-ring (bicyclic) bond motifs is 1. The van der Waals surface area contributed by atoms with Crippen molar-refractivity contribution in [2.75, 3.05) is 0 Å². The van der Waals surface area contributed by atoms with Crippen molar-refractivity contribution in [3.8, 4) is 22.8 Å². The van der Waals surface area contributed by atoms with E-state index in [1.807, 2.05) is 37.3 Å². The molecule has 1 amide bonds. The number of alkyl halides is 3. The third-order valence-electron chi connectivity index (χ3n) is 5.64. The summed E-state index contributed by atoms with van der Waals surface area (Å²) < 4.78 is 58.2. The van der Waals surface area contributed by atoms with E-state index in [0.29, 0.717) is 17.8 Å². The first kappa shape index (κ1) is 23.3. The molecule has 36 heavy (non-hydrogen) atoms. The summed E-state index contributed by atoms with van der Waals surface area (Å²) in [7, 11) is 0. The average Bonchev–Trinajstić information content (AvgIpc) is 3.16. The van der Waals surface area contributed by atoms with Crippen molar-refractivity contribution in [3.63, 3.8) is 0 Å². The fourth-order valence-corrected chi connectivity index (χ4v) is 3.87. The molecule has 2 aromatic heterocycles. The molecule has 0 radical (unpaired) electrons. The predicted octanol–water partition coefficient (Wildman–Crippen LogP) is 5.35. The van der Waals surface area contributed by atoms with Gasteiger partial charge < -0.3 is 9.64 Å². The molecule has 5 rings (SSSR count). The van der Waals surface area contributed by atoms with Crippen molar-refractivity contribution in [2.45, 2.75) is 26.2 Å². The highest BCUT2D eigenvalue weighted by Crippen LogP contribution is 2.35. The fourth-order valence-electron chi connectivity index (χ4n) is 3.87. The van der Waals surface area contributed by atoms with E-state index in [1.165, 1.54) is 4.90 Å². The van der Waals surface area contributed by atoms with Gasteiger partial charge >= 0.3 is 6.18 Å². The molecule has 0 unspecified atom stereocenters. The van der Waals surface area contributed by atoms with Crippen LogP contribution < -0.4 is 4.74 Å². The van der Waals surface area contributed by atoms with Gasteiger partial charge in [-0.25, -0.2) is 14.4 Å². The lowest BCUT2D eigenvalue weighted by Gasteiger charge is -2.16. The molecular weight excluding hydrogens is 478 g/mol. The second-order valence-electron chi connectivity index (χ2n) is 8.19. The molecule has 1 aliphatic heterocycles. The van der Waals surface area contributed by atoms with E-state index < -0.39 is 29.2 Å². The monoisotopic (exact) mass is 495 g/mol. The number of aromatic nitrogens is 4. The quantitative estimate of drug-likeness (QED) is 0.348. The number of amides is 1. The smallest absolute Gasteiger partial charge is 0.416 e. The van der Waals surface area contributed by atoms with Gasteiger partial charge in [0.1, 0.15) is 11.9 Å². The van der Waals surface area contributed by atoms with E-state index in [0.717, 1.165) is 34.8 Å². The van der Waals surface area contributed by atoms with E-state index in [-0.39, 0.29) is 24.5 Å². The summed E-state index contributed by atoms with van der Waals surface area (Å²) in [5.41, 5.74) is 2.82. The SMILES string of the molecule is Cc1cc(-c2ccc(CN3Cc4ncnc(Oc5ccc(C(F)(F)F)cc5F)c4C3=O)cc2)cnn1. The minimum atomic E-state index is -4.70. The highest BCUT2D eigenvalue weighted by atomic mass is 19.4. The summed E-state index contributed by atoms with van der Waals surface area (Å²) in [6.07, 6.45) is -1.87. The Morgan fingerprint density at radius 1 is 1.03 bits per heavy atom. The number of halogens is 4. The first-order valence-corrected chi connectivity index (χ1v) is 10.8. The molecular formula is C25H17F4N5O2. The number of hydrogen-bond acceptors (Lipinski definition) is 6. The number of ether oxygens (including phenoxy) is 1. The molecule has 3 heterocycles. The van der Waals surface area contributed by atoms with Crippen LogP contribution in [0.1, 0.15) is 32.9 Å². The predicted molar refractivity (Wildman–Crippen MR) is 119 cm³/mol. The van der Waals surface area contributed by atoms with Crippen molar-refractivity contribution in [1.82, 2.24) is 25.1 Å². The first-order valence-electron chi connectivity index (χ1n) is 10.8. The molecule has 2 aromatic carbocycles. The Morgan fingerprint density at radius 2 is 1.81 bits per heavy atom. The van der Waals surface area contributed by atoms with Gasteiger partial charge in [0.2, 0.25) is 5.88 Å². The number of aryl methyl sites for hydroxylation is 1. The molecule has 7 nitrogen and oxygen atoms in total. The Morgan fingerprint density at radius 3 is 2.50 bits per heavy atom. The van der Waals surface area contributed by atoms with Gasteiger partial charge in [-0.15, -0.1) is 0 Å². The zero-order valence-electron chi connectivity index (χ0n) is 18.8. The molecule has 0 saturated carbocycles. The van der Waals surface area contributed by atoms with Crippen LogP contribution in [0.15, 0.2) is 61.1 Å². The van der Waals surface area contributed by atoms with Crippen LogP contribution in [0.5, 0.6) is 11.6 Å². The summed E-state index contributed by atoms with van der Waals surface area (Å²) >= 11 is 0. The lowest BCUT2D eigenvalue weighted by molar-refractivity contribution is -0.137. The molecule has 11 heteroatoms. The minimum absolute atomic E-state index is 0.0479. The lowest BCUT2D eigenvalue weighted by atomic mass is 10.1. The Labute approximate surface area is 202 Å². The third-order valence-corrected chi connectivity index (χ3v) is 5.64. The summed E-state index contributed by atoms with van der Waals surface area (Å²) in [5.74, 6) is -2.35. The van der Waals surface area contributed by atoms with Crippen LogP contribution in [0.2, 0.25) is 0 Å². The van der Waals surface area contributed by atoms with Gasteiger partial charge in [0.05, 0.1) is 29.7 Å². The van der Waals surface area contributed by atoms with Crippen LogP contribution in [0.4, 0.5) is 17.6 Å². The topological polar surface area (TPSA) is 81.1 Å². The van der Waals surface area contributed by atoms with Crippen LogP contribution >= 0.6 is 0 Å². The van der Waals surface area contributed by atoms with Gasteiger partial charge in [-0.05, 0) is 42.3 Å². The Bertz CT molecular complexity index is 1460. The van der Waals surface area contributed by atoms with Gasteiger partial charge in [0, 0.05) is 12.1 Å². The number of benzene rings is 2. The van der Waals surface area contributed by atoms with E-state index in [2.05, 4.69) is 20.2 Å². The van der Waals surface area contributed by atoms with Crippen molar-refractivity contribution < 1.29 is 27.1 Å². The van der Waals surface area contributed by atoms with Crippen LogP contribution in [0.3, 0.4) is 0 Å². The van der Waals surface area contributed by atoms with E-state index in [9.17, 15) is 22.4 Å². The molecule has 0 aliphatic carbocycles. The molecule has 0 N–H and O–H groups in total. The van der Waals surface area contributed by atoms with Gasteiger partial charge in [-0.1, -0.05) is 24.3 Å². The van der Waals surface area contributed by atoms with Gasteiger partial charge in [0.15, 0.2) is 11.6 Å². The molecule has 0 atom stereocenters. The van der Waals surface area contributed by atoms with Crippen LogP contribution in [-0.4, -0.2) is 31.0 Å². The fraction of sp³-hybridized carbons (Fsp3) is 0.160. The van der Waals surface area contributed by atoms with Crippen LogP contribution in [0, 0.1) is 12.7 Å². The number of hydrogen-bond donors (Lipinski definition) is 0. The Hall–Kier alpha value is -4.41. The van der Waals surface area contributed by atoms with Crippen molar-refractivity contribution >= 4 is 5.91 Å². The van der Waals surface area contributed by atoms with E-state index in [4.69, 9.17) is 4.74 Å². The maximum atomic E-state index is 14.3. The minimum Gasteiger partial charge on any atom is -0.435 e. The van der Waals surface area contributed by atoms with E-state index >= 15 is 0 Å². The first-order chi connectivity index (χ1) is 17.2. The second kappa shape index (κ2) is 8.99. The van der Waals surface area contributed by atoms with Gasteiger partial charge in [-0.3, -0.25) is 4.79 Å². The molecule has 0 bridgehead atoms. The second-order valence-corrected chi connectivity index (χ2v) is 8.19. The van der Waals surface area contributed by atoms with Crippen LogP contribution in [0.25, 0.3) is 11.1 Å². The van der Waals surface area contributed by atoms with E-state index in [1.54, 1.807) is 6.20 Å². The maximum absolute atomic E-state index is 14.3. The highest BCUT2D eigenvalue weighted by molar-refractivity contribution is 5.99. The zero-order chi connectivity index (χ0) is 25.4. The third kappa shape index (κ3) is 4.59. The molecule has 182 valence electrons. The molecule has 0 spiro atoms. The van der Waals surface area contributed by atoms with Gasteiger partial charge in [-0.2, -0.15) is 23.4 Å². The standard InChI is InChI=1S/C25H17F4N5O2/c1-14-8-17(10-32-33-14)16-4-2-15(3-5-16)11-34-12-20-22(24(34)35)23(31-13-30-20)36-21-7-6-18(9-19(21)26)25(27,28)29/h2-10,13H,11-12H2,1H3. The summed E-state index contributed by atoms with van der Waals surface area (Å²) in [4.78, 5) is 22.7. The number of carbonyl (C=O) groups is 1. The average molecular weight is 495 g/mol. The van der Waals surface area contributed by atoms with Crippen molar-refractivity contribution in [2.24, 2.45) is 0 Å². The summed E-state index contributed by atoms with van der Waals surface area (Å²) in [6.45, 7) is 2.31. The highest BCUT2D eigenvalue weighted by Gasteiger charge is 2.34. The molecule has 0 fully saturated rings. The van der Waals surface area contributed by atoms with Gasteiger partial charge in [0.25, 0.3) is 5.91 Å².